The molecule has 2 atom stereocenters. The second kappa shape index (κ2) is 9.82. The summed E-state index contributed by atoms with van der Waals surface area (Å²) in [5.41, 5.74) is 0.693. The van der Waals surface area contributed by atoms with Crippen LogP contribution in [0, 0.1) is 11.8 Å². The van der Waals surface area contributed by atoms with E-state index in [1.807, 2.05) is 29.2 Å². The Labute approximate surface area is 191 Å². The maximum atomic E-state index is 12.7. The van der Waals surface area contributed by atoms with E-state index in [0.29, 0.717) is 29.3 Å². The van der Waals surface area contributed by atoms with Gasteiger partial charge in [0.05, 0.1) is 0 Å². The number of fused-ring (bicyclic) bond motifs is 1. The topological polar surface area (TPSA) is 61.9 Å². The van der Waals surface area contributed by atoms with Gasteiger partial charge in [0.2, 0.25) is 5.91 Å². The number of amides is 2. The molecular formula is C26H37N3O3. The molecule has 32 heavy (non-hydrogen) atoms. The Balaban J connectivity index is 1.07. The summed E-state index contributed by atoms with van der Waals surface area (Å²) in [4.78, 5) is 29.5. The minimum atomic E-state index is 0.0105. The van der Waals surface area contributed by atoms with Gasteiger partial charge in [-0.15, -0.1) is 0 Å². The van der Waals surface area contributed by atoms with E-state index in [4.69, 9.17) is 4.74 Å². The van der Waals surface area contributed by atoms with Crippen LogP contribution < -0.4 is 10.1 Å². The molecule has 6 nitrogen and oxygen atoms in total. The van der Waals surface area contributed by atoms with Gasteiger partial charge in [-0.3, -0.25) is 9.59 Å². The van der Waals surface area contributed by atoms with Gasteiger partial charge in [0.15, 0.2) is 0 Å². The van der Waals surface area contributed by atoms with Crippen LogP contribution in [0.1, 0.15) is 68.1 Å². The van der Waals surface area contributed by atoms with Crippen LogP contribution in [0.2, 0.25) is 0 Å². The molecule has 0 bridgehead atoms. The van der Waals surface area contributed by atoms with Crippen LogP contribution >= 0.6 is 0 Å². The Morgan fingerprint density at radius 3 is 2.38 bits per heavy atom. The number of hydrogen-bond donors (Lipinski definition) is 1. The molecule has 6 heteroatoms. The van der Waals surface area contributed by atoms with E-state index < -0.39 is 0 Å². The molecule has 0 radical (unpaired) electrons. The number of piperidine rings is 3. The zero-order valence-corrected chi connectivity index (χ0v) is 19.1. The lowest BCUT2D eigenvalue weighted by atomic mass is 9.83. The highest BCUT2D eigenvalue weighted by Gasteiger charge is 2.35. The lowest BCUT2D eigenvalue weighted by molar-refractivity contribution is -0.134. The lowest BCUT2D eigenvalue weighted by Crippen LogP contribution is -2.51. The zero-order chi connectivity index (χ0) is 21.9. The van der Waals surface area contributed by atoms with Crippen LogP contribution in [0.25, 0.3) is 0 Å². The van der Waals surface area contributed by atoms with Crippen LogP contribution in [0.4, 0.5) is 0 Å². The molecule has 2 amide bonds. The number of benzene rings is 1. The van der Waals surface area contributed by atoms with E-state index in [0.717, 1.165) is 51.1 Å². The highest BCUT2D eigenvalue weighted by atomic mass is 16.5. The van der Waals surface area contributed by atoms with E-state index in [1.54, 1.807) is 0 Å². The molecule has 1 N–H and O–H groups in total. The number of nitrogens with one attached hydrogen (secondary N) is 1. The van der Waals surface area contributed by atoms with Gasteiger partial charge in [0.1, 0.15) is 11.9 Å². The van der Waals surface area contributed by atoms with Crippen molar-refractivity contribution < 1.29 is 14.3 Å². The first-order chi connectivity index (χ1) is 15.7. The SMILES string of the molecule is O=C(NC[C@@H]1CCCN2CCCC[C@H]12)c1ccc(OC2CCN(C(=O)C3CC3)CC2)cc1. The second-order valence-corrected chi connectivity index (χ2v) is 10.2. The molecule has 0 unspecified atom stereocenters. The maximum Gasteiger partial charge on any atom is 0.251 e. The zero-order valence-electron chi connectivity index (χ0n) is 19.1. The molecule has 3 heterocycles. The first-order valence-electron chi connectivity index (χ1n) is 12.7. The summed E-state index contributed by atoms with van der Waals surface area (Å²) in [6, 6.07) is 8.19. The van der Waals surface area contributed by atoms with Crippen molar-refractivity contribution in [2.45, 2.75) is 69.9 Å². The smallest absolute Gasteiger partial charge is 0.251 e. The number of rotatable bonds is 6. The Morgan fingerprint density at radius 2 is 1.62 bits per heavy atom. The van der Waals surface area contributed by atoms with Crippen molar-refractivity contribution in [3.8, 4) is 5.75 Å². The predicted octanol–water partition coefficient (Wildman–Crippen LogP) is 3.46. The third kappa shape index (κ3) is 5.11. The highest BCUT2D eigenvalue weighted by Crippen LogP contribution is 2.32. The normalized spacial score (nSPS) is 26.9. The van der Waals surface area contributed by atoms with Crippen LogP contribution in [0.3, 0.4) is 0 Å². The molecular weight excluding hydrogens is 402 g/mol. The highest BCUT2D eigenvalue weighted by molar-refractivity contribution is 5.94. The van der Waals surface area contributed by atoms with Crippen molar-refractivity contribution in [2.75, 3.05) is 32.7 Å². The molecule has 5 rings (SSSR count). The largest absolute Gasteiger partial charge is 0.490 e. The Kier molecular flexibility index (Phi) is 6.67. The number of hydrogen-bond acceptors (Lipinski definition) is 4. The maximum absolute atomic E-state index is 12.7. The van der Waals surface area contributed by atoms with Crippen molar-refractivity contribution >= 4 is 11.8 Å². The molecule has 1 saturated carbocycles. The van der Waals surface area contributed by atoms with E-state index in [1.165, 1.54) is 45.2 Å². The summed E-state index contributed by atoms with van der Waals surface area (Å²) < 4.78 is 6.13. The second-order valence-electron chi connectivity index (χ2n) is 10.2. The van der Waals surface area contributed by atoms with Gasteiger partial charge in [0, 0.05) is 50.0 Å². The van der Waals surface area contributed by atoms with Crippen molar-refractivity contribution in [1.29, 1.82) is 0 Å². The summed E-state index contributed by atoms with van der Waals surface area (Å²) in [5, 5.41) is 3.19. The molecule has 0 aromatic heterocycles. The lowest BCUT2D eigenvalue weighted by Gasteiger charge is -2.44. The quantitative estimate of drug-likeness (QED) is 0.737. The van der Waals surface area contributed by atoms with E-state index >= 15 is 0 Å². The Morgan fingerprint density at radius 1 is 0.875 bits per heavy atom. The molecule has 1 aromatic rings. The van der Waals surface area contributed by atoms with Gasteiger partial charge in [-0.05, 0) is 81.8 Å². The third-order valence-electron chi connectivity index (χ3n) is 7.85. The van der Waals surface area contributed by atoms with Crippen LogP contribution in [-0.2, 0) is 4.79 Å². The van der Waals surface area contributed by atoms with Crippen molar-refractivity contribution in [2.24, 2.45) is 11.8 Å². The monoisotopic (exact) mass is 439 g/mol. The summed E-state index contributed by atoms with van der Waals surface area (Å²) in [5.74, 6) is 2.03. The van der Waals surface area contributed by atoms with Crippen LogP contribution in [0.5, 0.6) is 5.75 Å². The van der Waals surface area contributed by atoms with E-state index in [2.05, 4.69) is 10.2 Å². The molecule has 4 aliphatic rings. The molecule has 4 fully saturated rings. The molecule has 0 spiro atoms. The minimum absolute atomic E-state index is 0.0105. The van der Waals surface area contributed by atoms with Gasteiger partial charge in [0.25, 0.3) is 5.91 Å². The number of likely N-dealkylation sites (tertiary alicyclic amines) is 1. The van der Waals surface area contributed by atoms with Crippen molar-refractivity contribution in [3.05, 3.63) is 29.8 Å². The summed E-state index contributed by atoms with van der Waals surface area (Å²) >= 11 is 0. The number of carbonyl (C=O) groups is 2. The number of ether oxygens (including phenoxy) is 1. The van der Waals surface area contributed by atoms with Gasteiger partial charge in [-0.2, -0.15) is 0 Å². The average molecular weight is 440 g/mol. The molecule has 3 saturated heterocycles. The number of nitrogens with zero attached hydrogens (tertiary/aromatic N) is 2. The van der Waals surface area contributed by atoms with Crippen molar-refractivity contribution in [1.82, 2.24) is 15.1 Å². The molecule has 1 aromatic carbocycles. The van der Waals surface area contributed by atoms with Crippen LogP contribution in [0.15, 0.2) is 24.3 Å². The summed E-state index contributed by atoms with van der Waals surface area (Å²) in [7, 11) is 0. The molecule has 1 aliphatic carbocycles. The average Bonchev–Trinajstić information content (AvgIpc) is 3.69. The fraction of sp³-hybridized carbons (Fsp3) is 0.692. The summed E-state index contributed by atoms with van der Waals surface area (Å²) in [6.07, 6.45) is 10.4. The van der Waals surface area contributed by atoms with Gasteiger partial charge in [-0.25, -0.2) is 0 Å². The number of carbonyl (C=O) groups excluding carboxylic acids is 2. The fourth-order valence-electron chi connectivity index (χ4n) is 5.80. The van der Waals surface area contributed by atoms with E-state index in [9.17, 15) is 9.59 Å². The van der Waals surface area contributed by atoms with Gasteiger partial charge < -0.3 is 19.9 Å². The van der Waals surface area contributed by atoms with Gasteiger partial charge in [-0.1, -0.05) is 6.42 Å². The molecule has 174 valence electrons. The fourth-order valence-corrected chi connectivity index (χ4v) is 5.80. The molecule has 3 aliphatic heterocycles. The van der Waals surface area contributed by atoms with E-state index in [-0.39, 0.29) is 12.0 Å². The van der Waals surface area contributed by atoms with Gasteiger partial charge >= 0.3 is 0 Å². The third-order valence-corrected chi connectivity index (χ3v) is 7.85. The Bertz CT molecular complexity index is 797. The predicted molar refractivity (Wildman–Crippen MR) is 124 cm³/mol. The minimum Gasteiger partial charge on any atom is -0.490 e. The first kappa shape index (κ1) is 21.7. The van der Waals surface area contributed by atoms with Crippen LogP contribution in [-0.4, -0.2) is 66.5 Å². The summed E-state index contributed by atoms with van der Waals surface area (Å²) in [6.45, 7) is 4.81. The van der Waals surface area contributed by atoms with Crippen molar-refractivity contribution in [3.63, 3.8) is 0 Å². The Hall–Kier alpha value is -2.08. The standard InChI is InChI=1S/C26H37N3O3/c30-25(27-18-21-4-3-15-28-14-2-1-5-24(21)28)19-8-10-22(11-9-19)32-23-12-16-29(17-13-23)26(31)20-6-7-20/h8-11,20-21,23-24H,1-7,12-18H2,(H,27,30)/t21-,24+/m0/s1. The first-order valence-corrected chi connectivity index (χ1v) is 12.7.